The second kappa shape index (κ2) is 11.4. The summed E-state index contributed by atoms with van der Waals surface area (Å²) in [7, 11) is 0. The van der Waals surface area contributed by atoms with Gasteiger partial charge in [-0.25, -0.2) is 0 Å². The van der Waals surface area contributed by atoms with Crippen LogP contribution in [0.4, 0.5) is 5.69 Å². The third-order valence-corrected chi connectivity index (χ3v) is 5.34. The van der Waals surface area contributed by atoms with Crippen LogP contribution in [0.2, 0.25) is 0 Å². The quantitative estimate of drug-likeness (QED) is 0.559. The number of rotatable bonds is 9. The first-order chi connectivity index (χ1) is 14.6. The molecule has 0 atom stereocenters. The van der Waals surface area contributed by atoms with E-state index in [2.05, 4.69) is 20.9 Å². The van der Waals surface area contributed by atoms with Gasteiger partial charge < -0.3 is 20.7 Å². The van der Waals surface area contributed by atoms with Crippen LogP contribution in [0, 0.1) is 0 Å². The summed E-state index contributed by atoms with van der Waals surface area (Å²) >= 11 is 1.43. The van der Waals surface area contributed by atoms with Crippen LogP contribution in [0.25, 0.3) is 0 Å². The maximum absolute atomic E-state index is 12.2. The molecule has 0 saturated carbocycles. The SMILES string of the molecule is O=C(CNC(=O)c1ccsc1)NCc1cccc(NC(=O)CCN2CCOCC2)c1. The number of thiophene rings is 1. The number of nitrogens with one attached hydrogen (secondary N) is 3. The van der Waals surface area contributed by atoms with E-state index in [-0.39, 0.29) is 24.3 Å². The molecule has 0 unspecified atom stereocenters. The highest BCUT2D eigenvalue weighted by atomic mass is 32.1. The van der Waals surface area contributed by atoms with Crippen molar-refractivity contribution in [1.29, 1.82) is 0 Å². The summed E-state index contributed by atoms with van der Waals surface area (Å²) < 4.78 is 5.31. The predicted octanol–water partition coefficient (Wildman–Crippen LogP) is 1.46. The van der Waals surface area contributed by atoms with E-state index in [4.69, 9.17) is 4.74 Å². The molecule has 2 heterocycles. The Hall–Kier alpha value is -2.75. The van der Waals surface area contributed by atoms with Gasteiger partial charge in [0.15, 0.2) is 0 Å². The highest BCUT2D eigenvalue weighted by Gasteiger charge is 2.12. The Bertz CT molecular complexity index is 850. The molecule has 1 aliphatic heterocycles. The van der Waals surface area contributed by atoms with Crippen LogP contribution in [0.1, 0.15) is 22.3 Å². The van der Waals surface area contributed by atoms with Crippen molar-refractivity contribution in [3.63, 3.8) is 0 Å². The monoisotopic (exact) mass is 430 g/mol. The zero-order valence-corrected chi connectivity index (χ0v) is 17.5. The Morgan fingerprint density at radius 2 is 1.90 bits per heavy atom. The Kier molecular flexibility index (Phi) is 8.37. The van der Waals surface area contributed by atoms with E-state index in [1.807, 2.05) is 29.6 Å². The Labute approximate surface area is 179 Å². The van der Waals surface area contributed by atoms with Gasteiger partial charge >= 0.3 is 0 Å². The van der Waals surface area contributed by atoms with E-state index in [9.17, 15) is 14.4 Å². The summed E-state index contributed by atoms with van der Waals surface area (Å²) in [5, 5.41) is 11.8. The summed E-state index contributed by atoms with van der Waals surface area (Å²) in [6.45, 7) is 4.08. The summed E-state index contributed by atoms with van der Waals surface area (Å²) in [4.78, 5) is 38.2. The molecule has 3 rings (SSSR count). The maximum atomic E-state index is 12.2. The van der Waals surface area contributed by atoms with Gasteiger partial charge in [-0.2, -0.15) is 11.3 Å². The highest BCUT2D eigenvalue weighted by Crippen LogP contribution is 2.11. The number of nitrogens with zero attached hydrogens (tertiary/aromatic N) is 1. The minimum absolute atomic E-state index is 0.0428. The van der Waals surface area contributed by atoms with E-state index in [0.29, 0.717) is 44.0 Å². The molecule has 0 radical (unpaired) electrons. The normalized spacial score (nSPS) is 14.1. The van der Waals surface area contributed by atoms with Crippen LogP contribution in [0.15, 0.2) is 41.1 Å². The molecule has 1 saturated heterocycles. The van der Waals surface area contributed by atoms with Crippen molar-refractivity contribution in [2.24, 2.45) is 0 Å². The number of carbonyl (C=O) groups is 3. The first-order valence-electron chi connectivity index (χ1n) is 9.86. The maximum Gasteiger partial charge on any atom is 0.252 e. The summed E-state index contributed by atoms with van der Waals surface area (Å²) in [6, 6.07) is 9.06. The van der Waals surface area contributed by atoms with Gasteiger partial charge in [0.25, 0.3) is 5.91 Å². The van der Waals surface area contributed by atoms with Crippen LogP contribution in [0.3, 0.4) is 0 Å². The van der Waals surface area contributed by atoms with Gasteiger partial charge in [0, 0.05) is 49.2 Å². The molecule has 1 aromatic carbocycles. The zero-order valence-electron chi connectivity index (χ0n) is 16.7. The van der Waals surface area contributed by atoms with E-state index < -0.39 is 0 Å². The average molecular weight is 431 g/mol. The number of ether oxygens (including phenoxy) is 1. The molecule has 1 fully saturated rings. The number of amides is 3. The third-order valence-electron chi connectivity index (χ3n) is 4.65. The topological polar surface area (TPSA) is 99.8 Å². The molecule has 9 heteroatoms. The predicted molar refractivity (Wildman–Crippen MR) is 115 cm³/mol. The molecule has 3 amide bonds. The first kappa shape index (κ1) is 21.9. The van der Waals surface area contributed by atoms with Crippen molar-refractivity contribution < 1.29 is 19.1 Å². The molecule has 1 aliphatic rings. The molecular weight excluding hydrogens is 404 g/mol. The van der Waals surface area contributed by atoms with E-state index >= 15 is 0 Å². The number of anilines is 1. The van der Waals surface area contributed by atoms with Crippen LogP contribution in [-0.2, 0) is 20.9 Å². The molecular formula is C21H26N4O4S. The third kappa shape index (κ3) is 7.25. The molecule has 3 N–H and O–H groups in total. The van der Waals surface area contributed by atoms with Crippen LogP contribution < -0.4 is 16.0 Å². The standard InChI is InChI=1S/C21H26N4O4S/c26-19(4-6-25-7-9-29-10-8-25)24-18-3-1-2-16(12-18)13-22-20(27)14-23-21(28)17-5-11-30-15-17/h1-3,5,11-12,15H,4,6-10,13-14H2,(H,22,27)(H,23,28)(H,24,26). The molecule has 0 bridgehead atoms. The molecule has 1 aromatic heterocycles. The minimum Gasteiger partial charge on any atom is -0.379 e. The van der Waals surface area contributed by atoms with Crippen molar-refractivity contribution in [2.75, 3.05) is 44.7 Å². The van der Waals surface area contributed by atoms with E-state index in [1.165, 1.54) is 11.3 Å². The highest BCUT2D eigenvalue weighted by molar-refractivity contribution is 7.08. The van der Waals surface area contributed by atoms with Gasteiger partial charge in [0.1, 0.15) is 0 Å². The van der Waals surface area contributed by atoms with Crippen LogP contribution in [0.5, 0.6) is 0 Å². The van der Waals surface area contributed by atoms with Gasteiger partial charge in [0.2, 0.25) is 11.8 Å². The summed E-state index contributed by atoms with van der Waals surface area (Å²) in [5.41, 5.74) is 2.10. The number of benzene rings is 1. The van der Waals surface area contributed by atoms with Gasteiger partial charge in [-0.15, -0.1) is 0 Å². The minimum atomic E-state index is -0.279. The molecule has 8 nitrogen and oxygen atoms in total. The number of hydrogen-bond acceptors (Lipinski definition) is 6. The Morgan fingerprint density at radius 3 is 2.67 bits per heavy atom. The Morgan fingerprint density at radius 1 is 1.07 bits per heavy atom. The first-order valence-corrected chi connectivity index (χ1v) is 10.8. The largest absolute Gasteiger partial charge is 0.379 e. The number of morpholine rings is 1. The van der Waals surface area contributed by atoms with Crippen molar-refractivity contribution >= 4 is 34.7 Å². The van der Waals surface area contributed by atoms with Gasteiger partial charge in [-0.05, 0) is 29.1 Å². The second-order valence-electron chi connectivity index (χ2n) is 6.92. The summed E-state index contributed by atoms with van der Waals surface area (Å²) in [5.74, 6) is -0.592. The summed E-state index contributed by atoms with van der Waals surface area (Å²) in [6.07, 6.45) is 0.421. The van der Waals surface area contributed by atoms with Gasteiger partial charge in [-0.3, -0.25) is 19.3 Å². The number of hydrogen-bond donors (Lipinski definition) is 3. The molecule has 2 aromatic rings. The lowest BCUT2D eigenvalue weighted by atomic mass is 10.2. The van der Waals surface area contributed by atoms with Gasteiger partial charge in [-0.1, -0.05) is 12.1 Å². The van der Waals surface area contributed by atoms with Crippen molar-refractivity contribution in [2.45, 2.75) is 13.0 Å². The molecule has 0 aliphatic carbocycles. The van der Waals surface area contributed by atoms with E-state index in [0.717, 1.165) is 18.7 Å². The average Bonchev–Trinajstić information content (AvgIpc) is 3.31. The van der Waals surface area contributed by atoms with Crippen LogP contribution >= 0.6 is 11.3 Å². The lowest BCUT2D eigenvalue weighted by Gasteiger charge is -2.26. The second-order valence-corrected chi connectivity index (χ2v) is 7.70. The van der Waals surface area contributed by atoms with Gasteiger partial charge in [0.05, 0.1) is 19.8 Å². The molecule has 30 heavy (non-hydrogen) atoms. The molecule has 0 spiro atoms. The smallest absolute Gasteiger partial charge is 0.252 e. The van der Waals surface area contributed by atoms with Crippen LogP contribution in [-0.4, -0.2) is 62.0 Å². The van der Waals surface area contributed by atoms with E-state index in [1.54, 1.807) is 11.4 Å². The lowest BCUT2D eigenvalue weighted by molar-refractivity contribution is -0.120. The fourth-order valence-corrected chi connectivity index (χ4v) is 3.62. The Balaban J connectivity index is 1.38. The van der Waals surface area contributed by atoms with Crippen molar-refractivity contribution in [1.82, 2.24) is 15.5 Å². The van der Waals surface area contributed by atoms with Crippen molar-refractivity contribution in [3.05, 3.63) is 52.2 Å². The fraction of sp³-hybridized carbons (Fsp3) is 0.381. The lowest BCUT2D eigenvalue weighted by Crippen LogP contribution is -2.38. The van der Waals surface area contributed by atoms with Crippen molar-refractivity contribution in [3.8, 4) is 0 Å². The fourth-order valence-electron chi connectivity index (χ4n) is 2.99. The molecule has 160 valence electrons. The number of carbonyl (C=O) groups excluding carboxylic acids is 3. The zero-order chi connectivity index (χ0) is 21.2.